The normalized spacial score (nSPS) is 17.2. The zero-order chi connectivity index (χ0) is 16.8. The standard InChI is InChI=1S/C16H16FN5O2/c1-21-14(22-3-2-13(23)20-16(22)24)8-19-15(21)9-4-10-6-18-7-11(10)12(17)5-9/h4-5,8,18H,2-3,6-7H2,1H3,(H,20,23,24). The van der Waals surface area contributed by atoms with Crippen molar-refractivity contribution in [2.45, 2.75) is 19.5 Å². The molecule has 2 aliphatic rings. The van der Waals surface area contributed by atoms with Gasteiger partial charge in [0.1, 0.15) is 17.5 Å². The fourth-order valence-electron chi connectivity index (χ4n) is 3.20. The van der Waals surface area contributed by atoms with Gasteiger partial charge < -0.3 is 9.88 Å². The molecule has 4 rings (SSSR count). The molecule has 1 saturated heterocycles. The molecule has 1 aromatic heterocycles. The van der Waals surface area contributed by atoms with Crippen LogP contribution in [0.1, 0.15) is 17.5 Å². The molecule has 0 atom stereocenters. The summed E-state index contributed by atoms with van der Waals surface area (Å²) in [7, 11) is 1.77. The van der Waals surface area contributed by atoms with Gasteiger partial charge in [0, 0.05) is 44.2 Å². The van der Waals surface area contributed by atoms with Gasteiger partial charge in [-0.25, -0.2) is 14.2 Å². The first-order valence-corrected chi connectivity index (χ1v) is 7.70. The number of amides is 3. The van der Waals surface area contributed by atoms with E-state index in [1.165, 1.54) is 11.0 Å². The molecule has 24 heavy (non-hydrogen) atoms. The second-order valence-corrected chi connectivity index (χ2v) is 5.95. The minimum atomic E-state index is -0.467. The molecule has 2 aliphatic heterocycles. The lowest BCUT2D eigenvalue weighted by Gasteiger charge is -2.26. The Labute approximate surface area is 137 Å². The highest BCUT2D eigenvalue weighted by Gasteiger charge is 2.27. The quantitative estimate of drug-likeness (QED) is 0.870. The van der Waals surface area contributed by atoms with Crippen LogP contribution in [0, 0.1) is 5.82 Å². The minimum Gasteiger partial charge on any atom is -0.314 e. The predicted molar refractivity (Wildman–Crippen MR) is 84.6 cm³/mol. The Morgan fingerprint density at radius 3 is 2.88 bits per heavy atom. The van der Waals surface area contributed by atoms with Gasteiger partial charge in [-0.3, -0.25) is 15.0 Å². The molecule has 3 amide bonds. The van der Waals surface area contributed by atoms with Crippen molar-refractivity contribution in [2.75, 3.05) is 11.4 Å². The first kappa shape index (κ1) is 14.8. The van der Waals surface area contributed by atoms with Gasteiger partial charge in [-0.15, -0.1) is 0 Å². The summed E-state index contributed by atoms with van der Waals surface area (Å²) in [5.41, 5.74) is 2.29. The lowest BCUT2D eigenvalue weighted by atomic mass is 10.1. The van der Waals surface area contributed by atoms with Crippen molar-refractivity contribution >= 4 is 17.8 Å². The summed E-state index contributed by atoms with van der Waals surface area (Å²) in [5.74, 6) is 0.600. The van der Waals surface area contributed by atoms with Crippen LogP contribution in [0.5, 0.6) is 0 Å². The topological polar surface area (TPSA) is 79.3 Å². The van der Waals surface area contributed by atoms with Crippen LogP contribution in [0.15, 0.2) is 18.3 Å². The number of hydrogen-bond acceptors (Lipinski definition) is 4. The van der Waals surface area contributed by atoms with E-state index in [4.69, 9.17) is 0 Å². The van der Waals surface area contributed by atoms with Crippen molar-refractivity contribution in [3.05, 3.63) is 35.3 Å². The Morgan fingerprint density at radius 1 is 1.25 bits per heavy atom. The second-order valence-electron chi connectivity index (χ2n) is 5.95. The summed E-state index contributed by atoms with van der Waals surface area (Å²) < 4.78 is 16.0. The number of anilines is 1. The highest BCUT2D eigenvalue weighted by atomic mass is 19.1. The number of rotatable bonds is 2. The van der Waals surface area contributed by atoms with Crippen molar-refractivity contribution < 1.29 is 14.0 Å². The van der Waals surface area contributed by atoms with E-state index in [2.05, 4.69) is 15.6 Å². The fourth-order valence-corrected chi connectivity index (χ4v) is 3.20. The van der Waals surface area contributed by atoms with Gasteiger partial charge >= 0.3 is 6.03 Å². The van der Waals surface area contributed by atoms with E-state index >= 15 is 0 Å². The maximum absolute atomic E-state index is 14.2. The summed E-state index contributed by atoms with van der Waals surface area (Å²) in [5, 5.41) is 5.41. The van der Waals surface area contributed by atoms with Crippen LogP contribution in [0.3, 0.4) is 0 Å². The van der Waals surface area contributed by atoms with Crippen molar-refractivity contribution in [3.8, 4) is 11.4 Å². The van der Waals surface area contributed by atoms with Gasteiger partial charge in [0.2, 0.25) is 5.91 Å². The molecule has 0 aliphatic carbocycles. The van der Waals surface area contributed by atoms with Gasteiger partial charge in [0.15, 0.2) is 0 Å². The molecule has 1 fully saturated rings. The molecule has 0 spiro atoms. The third kappa shape index (κ3) is 2.26. The van der Waals surface area contributed by atoms with E-state index in [9.17, 15) is 14.0 Å². The number of fused-ring (bicyclic) bond motifs is 1. The SMILES string of the molecule is Cn1c(N2CCC(=O)NC2=O)cnc1-c1cc(F)c2c(c1)CNC2. The number of nitrogens with zero attached hydrogens (tertiary/aromatic N) is 3. The van der Waals surface area contributed by atoms with Crippen molar-refractivity contribution in [1.82, 2.24) is 20.2 Å². The maximum atomic E-state index is 14.2. The zero-order valence-corrected chi connectivity index (χ0v) is 13.1. The van der Waals surface area contributed by atoms with Crippen molar-refractivity contribution in [2.24, 2.45) is 7.05 Å². The van der Waals surface area contributed by atoms with Crippen LogP contribution in [-0.2, 0) is 24.9 Å². The van der Waals surface area contributed by atoms with E-state index in [0.717, 1.165) is 5.56 Å². The molecule has 0 unspecified atom stereocenters. The Morgan fingerprint density at radius 2 is 2.08 bits per heavy atom. The van der Waals surface area contributed by atoms with Gasteiger partial charge in [-0.1, -0.05) is 0 Å². The largest absolute Gasteiger partial charge is 0.329 e. The molecule has 124 valence electrons. The van der Waals surface area contributed by atoms with E-state index in [0.29, 0.717) is 42.4 Å². The van der Waals surface area contributed by atoms with Crippen LogP contribution in [0.4, 0.5) is 15.0 Å². The van der Waals surface area contributed by atoms with Crippen LogP contribution >= 0.6 is 0 Å². The first-order valence-electron chi connectivity index (χ1n) is 7.70. The average molecular weight is 329 g/mol. The summed E-state index contributed by atoms with van der Waals surface area (Å²) in [6.07, 6.45) is 1.81. The molecule has 2 N–H and O–H groups in total. The minimum absolute atomic E-state index is 0.241. The van der Waals surface area contributed by atoms with Crippen LogP contribution < -0.4 is 15.5 Å². The van der Waals surface area contributed by atoms with Crippen LogP contribution in [0.25, 0.3) is 11.4 Å². The molecule has 0 bridgehead atoms. The van der Waals surface area contributed by atoms with Crippen LogP contribution in [0.2, 0.25) is 0 Å². The fraction of sp³-hybridized carbons (Fsp3) is 0.312. The number of hydrogen-bond donors (Lipinski definition) is 2. The Hall–Kier alpha value is -2.74. The Bertz CT molecular complexity index is 860. The van der Waals surface area contributed by atoms with E-state index in [-0.39, 0.29) is 18.1 Å². The van der Waals surface area contributed by atoms with Gasteiger partial charge in [0.05, 0.1) is 6.20 Å². The molecular weight excluding hydrogens is 313 g/mol. The first-order chi connectivity index (χ1) is 11.5. The highest BCUT2D eigenvalue weighted by Crippen LogP contribution is 2.29. The Balaban J connectivity index is 1.72. The second kappa shape index (κ2) is 5.41. The number of urea groups is 1. The average Bonchev–Trinajstić information content (AvgIpc) is 3.14. The van der Waals surface area contributed by atoms with Gasteiger partial charge in [0.25, 0.3) is 0 Å². The van der Waals surface area contributed by atoms with Crippen LogP contribution in [-0.4, -0.2) is 28.0 Å². The molecule has 3 heterocycles. The lowest BCUT2D eigenvalue weighted by Crippen LogP contribution is -2.50. The van der Waals surface area contributed by atoms with E-state index in [1.807, 2.05) is 6.07 Å². The smallest absolute Gasteiger partial charge is 0.314 e. The Kier molecular flexibility index (Phi) is 3.34. The number of imidazole rings is 1. The molecule has 2 aromatic rings. The molecule has 7 nitrogen and oxygen atoms in total. The molecule has 1 aromatic carbocycles. The predicted octanol–water partition coefficient (Wildman–Crippen LogP) is 1.28. The summed E-state index contributed by atoms with van der Waals surface area (Å²) in [6.45, 7) is 1.47. The maximum Gasteiger partial charge on any atom is 0.329 e. The number of carbonyl (C=O) groups excluding carboxylic acids is 2. The molecule has 0 radical (unpaired) electrons. The number of halogens is 1. The molecule has 8 heteroatoms. The van der Waals surface area contributed by atoms with E-state index < -0.39 is 6.03 Å². The van der Waals surface area contributed by atoms with Crippen molar-refractivity contribution in [3.63, 3.8) is 0 Å². The summed E-state index contributed by atoms with van der Waals surface area (Å²) in [4.78, 5) is 29.1. The zero-order valence-electron chi connectivity index (χ0n) is 13.1. The van der Waals surface area contributed by atoms with Gasteiger partial charge in [-0.2, -0.15) is 0 Å². The third-order valence-electron chi connectivity index (χ3n) is 4.46. The third-order valence-corrected chi connectivity index (χ3v) is 4.46. The molecular formula is C16H16FN5O2. The summed E-state index contributed by atoms with van der Waals surface area (Å²) >= 11 is 0. The number of benzene rings is 1. The number of nitrogens with one attached hydrogen (secondary N) is 2. The van der Waals surface area contributed by atoms with E-state index in [1.54, 1.807) is 17.8 Å². The number of imide groups is 1. The van der Waals surface area contributed by atoms with Crippen molar-refractivity contribution in [1.29, 1.82) is 0 Å². The number of carbonyl (C=O) groups is 2. The highest BCUT2D eigenvalue weighted by molar-refractivity contribution is 6.05. The summed E-state index contributed by atoms with van der Waals surface area (Å²) in [6, 6.07) is 2.92. The molecule has 0 saturated carbocycles. The van der Waals surface area contributed by atoms with Gasteiger partial charge in [-0.05, 0) is 17.7 Å². The monoisotopic (exact) mass is 329 g/mol. The number of aromatic nitrogens is 2. The lowest BCUT2D eigenvalue weighted by molar-refractivity contribution is -0.120.